The highest BCUT2D eigenvalue weighted by atomic mass is 14.1. The van der Waals surface area contributed by atoms with E-state index < -0.39 is 0 Å². The summed E-state index contributed by atoms with van der Waals surface area (Å²) in [6.07, 6.45) is 0.881. The minimum atomic E-state index is 0.881. The van der Waals surface area contributed by atoms with E-state index in [9.17, 15) is 0 Å². The van der Waals surface area contributed by atoms with Gasteiger partial charge >= 0.3 is 0 Å². The Bertz CT molecular complexity index is 735. The van der Waals surface area contributed by atoms with Crippen molar-refractivity contribution in [1.82, 2.24) is 0 Å². The number of hydrogen-bond acceptors (Lipinski definition) is 0. The van der Waals surface area contributed by atoms with Gasteiger partial charge < -0.3 is 0 Å². The quantitative estimate of drug-likeness (QED) is 0.530. The molecule has 0 unspecified atom stereocenters. The molecule has 0 fully saturated rings. The van der Waals surface area contributed by atoms with E-state index in [1.807, 2.05) is 0 Å². The van der Waals surface area contributed by atoms with E-state index in [4.69, 9.17) is 6.58 Å². The maximum atomic E-state index is 6.12. The third kappa shape index (κ3) is 1.70. The molecule has 0 spiro atoms. The molecule has 3 aromatic rings. The van der Waals surface area contributed by atoms with E-state index >= 15 is 0 Å². The molecule has 0 bridgehead atoms. The number of hydrogen-bond donors (Lipinski definition) is 0. The summed E-state index contributed by atoms with van der Waals surface area (Å²) in [6.45, 7) is 8.21. The van der Waals surface area contributed by atoms with Gasteiger partial charge in [0, 0.05) is 0 Å². The second-order valence-corrected chi connectivity index (χ2v) is 4.60. The van der Waals surface area contributed by atoms with Gasteiger partial charge in [0.15, 0.2) is 0 Å². The summed E-state index contributed by atoms with van der Waals surface area (Å²) in [5.74, 6) is 0. The number of benzene rings is 3. The predicted octanol–water partition coefficient (Wildman–Crippen LogP) is 5.22. The van der Waals surface area contributed by atoms with Crippen LogP contribution in [-0.4, -0.2) is 0 Å². The van der Waals surface area contributed by atoms with Gasteiger partial charge in [-0.05, 0) is 51.2 Å². The van der Waals surface area contributed by atoms with E-state index in [2.05, 4.69) is 61.5 Å². The van der Waals surface area contributed by atoms with Crippen molar-refractivity contribution in [3.05, 3.63) is 66.7 Å². The molecule has 0 saturated heterocycles. The fourth-order valence-electron chi connectivity index (χ4n) is 2.44. The van der Waals surface area contributed by atoms with Crippen LogP contribution in [0.15, 0.2) is 54.6 Å². The Balaban J connectivity index is 2.39. The van der Waals surface area contributed by atoms with Gasteiger partial charge in [-0.15, -0.1) is 0 Å². The smallest absolute Gasteiger partial charge is 0.0102 e. The maximum Gasteiger partial charge on any atom is -0.0102 e. The molecule has 1 radical (unpaired) electrons. The number of allylic oxidation sites excluding steroid dienone is 1. The van der Waals surface area contributed by atoms with Crippen molar-refractivity contribution in [3.63, 3.8) is 0 Å². The topological polar surface area (TPSA) is 0 Å². The first-order chi connectivity index (χ1) is 8.79. The molecule has 0 saturated carbocycles. The standard InChI is InChI=1S/C18H15/c1-3-13(2)17-10-6-9-16-11-14-7-4-5-8-15(14)12-18(16)17/h2,4-12H,3H2,1H3. The molecule has 0 nitrogen and oxygen atoms in total. The van der Waals surface area contributed by atoms with E-state index in [0.717, 1.165) is 12.0 Å². The highest BCUT2D eigenvalue weighted by molar-refractivity contribution is 6.02. The number of fused-ring (bicyclic) bond motifs is 2. The lowest BCUT2D eigenvalue weighted by Crippen LogP contribution is -1.85. The van der Waals surface area contributed by atoms with E-state index in [0.29, 0.717) is 0 Å². The summed E-state index contributed by atoms with van der Waals surface area (Å²) in [4.78, 5) is 0. The molecule has 0 heteroatoms. The van der Waals surface area contributed by atoms with Crippen LogP contribution in [0.1, 0.15) is 18.9 Å². The molecule has 0 heterocycles. The van der Waals surface area contributed by atoms with E-state index in [-0.39, 0.29) is 0 Å². The summed E-state index contributed by atoms with van der Waals surface area (Å²) in [6, 6.07) is 19.2. The Morgan fingerprint density at radius 3 is 2.28 bits per heavy atom. The normalized spacial score (nSPS) is 10.9. The summed E-state index contributed by atoms with van der Waals surface area (Å²) in [5, 5.41) is 5.04. The summed E-state index contributed by atoms with van der Waals surface area (Å²) in [7, 11) is 0. The lowest BCUT2D eigenvalue weighted by Gasteiger charge is -2.09. The summed E-state index contributed by atoms with van der Waals surface area (Å²) >= 11 is 0. The SMILES string of the molecule is [CH]=C(CC)c1cccc2cc3ccccc3cc12. The van der Waals surface area contributed by atoms with Crippen LogP contribution in [0.25, 0.3) is 27.1 Å². The first-order valence-corrected chi connectivity index (χ1v) is 6.33. The zero-order valence-corrected chi connectivity index (χ0v) is 10.5. The van der Waals surface area contributed by atoms with Crippen LogP contribution in [0.2, 0.25) is 0 Å². The third-order valence-electron chi connectivity index (χ3n) is 3.47. The van der Waals surface area contributed by atoms with Crippen LogP contribution >= 0.6 is 0 Å². The first kappa shape index (κ1) is 11.0. The van der Waals surface area contributed by atoms with Crippen molar-refractivity contribution in [2.45, 2.75) is 13.3 Å². The van der Waals surface area contributed by atoms with Crippen molar-refractivity contribution in [2.75, 3.05) is 0 Å². The molecule has 0 aliphatic rings. The molecule has 0 aliphatic heterocycles. The van der Waals surface area contributed by atoms with E-state index in [1.54, 1.807) is 0 Å². The van der Waals surface area contributed by atoms with Crippen molar-refractivity contribution in [3.8, 4) is 0 Å². The molecule has 0 N–H and O–H groups in total. The van der Waals surface area contributed by atoms with Crippen LogP contribution in [0.4, 0.5) is 0 Å². The van der Waals surface area contributed by atoms with Crippen LogP contribution < -0.4 is 0 Å². The fraction of sp³-hybridized carbons (Fsp3) is 0.111. The van der Waals surface area contributed by atoms with Gasteiger partial charge in [-0.25, -0.2) is 0 Å². The van der Waals surface area contributed by atoms with Crippen LogP contribution in [0.3, 0.4) is 0 Å². The fourth-order valence-corrected chi connectivity index (χ4v) is 2.44. The molecular weight excluding hydrogens is 216 g/mol. The minimum absolute atomic E-state index is 0.881. The Kier molecular flexibility index (Phi) is 2.64. The highest BCUT2D eigenvalue weighted by Gasteiger charge is 2.04. The van der Waals surface area contributed by atoms with Gasteiger partial charge in [-0.2, -0.15) is 0 Å². The van der Waals surface area contributed by atoms with Crippen molar-refractivity contribution >= 4 is 27.1 Å². The average Bonchev–Trinajstić information content (AvgIpc) is 2.43. The zero-order valence-electron chi connectivity index (χ0n) is 10.5. The van der Waals surface area contributed by atoms with Crippen molar-refractivity contribution < 1.29 is 0 Å². The molecule has 18 heavy (non-hydrogen) atoms. The van der Waals surface area contributed by atoms with Crippen molar-refractivity contribution in [1.29, 1.82) is 0 Å². The molecule has 0 aliphatic carbocycles. The second kappa shape index (κ2) is 4.30. The number of rotatable bonds is 2. The van der Waals surface area contributed by atoms with Crippen LogP contribution in [0, 0.1) is 6.58 Å². The van der Waals surface area contributed by atoms with Gasteiger partial charge in [0.1, 0.15) is 0 Å². The van der Waals surface area contributed by atoms with Gasteiger partial charge in [-0.1, -0.05) is 56.0 Å². The molecule has 87 valence electrons. The molecule has 0 atom stereocenters. The minimum Gasteiger partial charge on any atom is -0.0616 e. The van der Waals surface area contributed by atoms with Gasteiger partial charge in [-0.3, -0.25) is 0 Å². The lowest BCUT2D eigenvalue weighted by atomic mass is 9.95. The molecule has 3 aromatic carbocycles. The molecule has 0 aromatic heterocycles. The Morgan fingerprint density at radius 1 is 0.889 bits per heavy atom. The largest absolute Gasteiger partial charge is 0.0616 e. The molecule has 0 amide bonds. The second-order valence-electron chi connectivity index (χ2n) is 4.60. The molecular formula is C18H15. The van der Waals surface area contributed by atoms with E-state index in [1.165, 1.54) is 27.1 Å². The summed E-state index contributed by atoms with van der Waals surface area (Å²) < 4.78 is 0. The monoisotopic (exact) mass is 231 g/mol. The van der Waals surface area contributed by atoms with Gasteiger partial charge in [0.05, 0.1) is 0 Å². The predicted molar refractivity (Wildman–Crippen MR) is 79.5 cm³/mol. The average molecular weight is 231 g/mol. The lowest BCUT2D eigenvalue weighted by molar-refractivity contribution is 1.25. The Labute approximate surface area is 108 Å². The van der Waals surface area contributed by atoms with Crippen LogP contribution in [-0.2, 0) is 0 Å². The Hall–Kier alpha value is -2.08. The van der Waals surface area contributed by atoms with Gasteiger partial charge in [0.2, 0.25) is 0 Å². The summed E-state index contributed by atoms with van der Waals surface area (Å²) in [5.41, 5.74) is 2.12. The van der Waals surface area contributed by atoms with Crippen LogP contribution in [0.5, 0.6) is 0 Å². The van der Waals surface area contributed by atoms with Crippen molar-refractivity contribution in [2.24, 2.45) is 0 Å². The maximum absolute atomic E-state index is 6.12. The first-order valence-electron chi connectivity index (χ1n) is 6.33. The van der Waals surface area contributed by atoms with Gasteiger partial charge in [0.25, 0.3) is 0 Å². The molecule has 3 rings (SSSR count). The highest BCUT2D eigenvalue weighted by Crippen LogP contribution is 2.29. The third-order valence-corrected chi connectivity index (χ3v) is 3.47. The Morgan fingerprint density at radius 2 is 1.56 bits per heavy atom. The zero-order chi connectivity index (χ0) is 12.5.